The summed E-state index contributed by atoms with van der Waals surface area (Å²) in [7, 11) is -3.57. The summed E-state index contributed by atoms with van der Waals surface area (Å²) < 4.78 is 25.9. The Morgan fingerprint density at radius 2 is 1.67 bits per heavy atom. The predicted molar refractivity (Wildman–Crippen MR) is 68.7 cm³/mol. The zero-order chi connectivity index (χ0) is 13.3. The van der Waals surface area contributed by atoms with Crippen LogP contribution in [0.4, 0.5) is 0 Å². The molecule has 1 heterocycles. The molecular weight excluding hydrogens is 250 g/mol. The van der Waals surface area contributed by atoms with E-state index in [1.165, 1.54) is 10.4 Å². The van der Waals surface area contributed by atoms with E-state index in [4.69, 9.17) is 0 Å². The van der Waals surface area contributed by atoms with E-state index < -0.39 is 10.0 Å². The summed E-state index contributed by atoms with van der Waals surface area (Å²) in [6.45, 7) is 3.86. The van der Waals surface area contributed by atoms with Crippen LogP contribution in [0.5, 0.6) is 0 Å². The van der Waals surface area contributed by atoms with Gasteiger partial charge >= 0.3 is 0 Å². The van der Waals surface area contributed by atoms with Gasteiger partial charge in [-0.3, -0.25) is 4.79 Å². The van der Waals surface area contributed by atoms with Gasteiger partial charge in [-0.05, 0) is 32.1 Å². The van der Waals surface area contributed by atoms with Crippen LogP contribution >= 0.6 is 0 Å². The molecule has 0 fully saturated rings. The van der Waals surface area contributed by atoms with Crippen LogP contribution in [0.25, 0.3) is 0 Å². The molecule has 18 heavy (non-hydrogen) atoms. The van der Waals surface area contributed by atoms with Gasteiger partial charge in [0.05, 0.1) is 11.4 Å². The second-order valence-electron chi connectivity index (χ2n) is 4.54. The molecule has 0 radical (unpaired) electrons. The van der Waals surface area contributed by atoms with E-state index in [1.54, 1.807) is 31.2 Å². The van der Waals surface area contributed by atoms with Gasteiger partial charge in [0.1, 0.15) is 0 Å². The minimum Gasteiger partial charge on any atom is -0.293 e. The van der Waals surface area contributed by atoms with Crippen molar-refractivity contribution in [2.24, 2.45) is 0 Å². The van der Waals surface area contributed by atoms with Crippen molar-refractivity contribution in [1.82, 2.24) is 4.31 Å². The van der Waals surface area contributed by atoms with Gasteiger partial charge < -0.3 is 0 Å². The molecule has 0 spiro atoms. The quantitative estimate of drug-likeness (QED) is 0.814. The first-order valence-corrected chi connectivity index (χ1v) is 7.10. The molecule has 96 valence electrons. The first-order chi connectivity index (χ1) is 8.39. The molecule has 1 aromatic carbocycles. The highest BCUT2D eigenvalue weighted by atomic mass is 32.2. The van der Waals surface area contributed by atoms with Gasteiger partial charge in [0.15, 0.2) is 5.78 Å². The number of carbonyl (C=O) groups is 1. The fraction of sp³-hybridized carbons (Fsp3) is 0.308. The topological polar surface area (TPSA) is 54.5 Å². The summed E-state index contributed by atoms with van der Waals surface area (Å²) in [6, 6.07) is 6.65. The fourth-order valence-corrected chi connectivity index (χ4v) is 3.35. The smallest absolute Gasteiger partial charge is 0.243 e. The second kappa shape index (κ2) is 4.66. The standard InChI is InChI=1S/C13H15NO3S/c1-10-3-5-13(6-4-10)18(16,17)14-8-11(2)7-12(15)9-14/h3-7H,8-9H2,1-2H3. The number of aryl methyl sites for hydroxylation is 1. The van der Waals surface area contributed by atoms with Crippen LogP contribution in [0.3, 0.4) is 0 Å². The fourth-order valence-electron chi connectivity index (χ4n) is 1.90. The van der Waals surface area contributed by atoms with E-state index in [0.29, 0.717) is 0 Å². The zero-order valence-corrected chi connectivity index (χ0v) is 11.2. The van der Waals surface area contributed by atoms with E-state index in [0.717, 1.165) is 11.1 Å². The highest BCUT2D eigenvalue weighted by molar-refractivity contribution is 7.89. The van der Waals surface area contributed by atoms with Crippen molar-refractivity contribution in [1.29, 1.82) is 0 Å². The van der Waals surface area contributed by atoms with Crippen molar-refractivity contribution in [3.05, 3.63) is 41.5 Å². The third kappa shape index (κ3) is 2.52. The Morgan fingerprint density at radius 1 is 1.06 bits per heavy atom. The molecule has 0 atom stereocenters. The monoisotopic (exact) mass is 265 g/mol. The summed E-state index contributed by atoms with van der Waals surface area (Å²) >= 11 is 0. The van der Waals surface area contributed by atoms with Gasteiger partial charge in [-0.25, -0.2) is 8.42 Å². The lowest BCUT2D eigenvalue weighted by Gasteiger charge is -2.24. The van der Waals surface area contributed by atoms with Crippen molar-refractivity contribution >= 4 is 15.8 Å². The van der Waals surface area contributed by atoms with Crippen LogP contribution < -0.4 is 0 Å². The Hall–Kier alpha value is -1.46. The average Bonchev–Trinajstić information content (AvgIpc) is 2.28. The highest BCUT2D eigenvalue weighted by Crippen LogP contribution is 2.19. The number of sulfonamides is 1. The molecule has 5 heteroatoms. The van der Waals surface area contributed by atoms with Gasteiger partial charge in [-0.1, -0.05) is 23.3 Å². The van der Waals surface area contributed by atoms with Crippen molar-refractivity contribution in [3.63, 3.8) is 0 Å². The van der Waals surface area contributed by atoms with Crippen LogP contribution in [-0.2, 0) is 14.8 Å². The molecule has 0 N–H and O–H groups in total. The van der Waals surface area contributed by atoms with Gasteiger partial charge in [0.2, 0.25) is 10.0 Å². The number of hydrogen-bond acceptors (Lipinski definition) is 3. The van der Waals surface area contributed by atoms with Crippen molar-refractivity contribution < 1.29 is 13.2 Å². The Kier molecular flexibility index (Phi) is 3.36. The molecule has 4 nitrogen and oxygen atoms in total. The number of hydrogen-bond donors (Lipinski definition) is 0. The van der Waals surface area contributed by atoms with Crippen LogP contribution in [0.15, 0.2) is 40.8 Å². The summed E-state index contributed by atoms with van der Waals surface area (Å²) in [5.74, 6) is -0.172. The molecule has 1 aromatic rings. The average molecular weight is 265 g/mol. The summed E-state index contributed by atoms with van der Waals surface area (Å²) in [5, 5.41) is 0. The van der Waals surface area contributed by atoms with E-state index in [2.05, 4.69) is 0 Å². The number of rotatable bonds is 2. The molecule has 2 rings (SSSR count). The largest absolute Gasteiger partial charge is 0.293 e. The highest BCUT2D eigenvalue weighted by Gasteiger charge is 2.28. The maximum Gasteiger partial charge on any atom is 0.243 e. The first kappa shape index (κ1) is 13.0. The van der Waals surface area contributed by atoms with Gasteiger partial charge in [0, 0.05) is 6.54 Å². The van der Waals surface area contributed by atoms with Gasteiger partial charge in [-0.15, -0.1) is 0 Å². The molecule has 0 saturated carbocycles. The van der Waals surface area contributed by atoms with Crippen LogP contribution in [0, 0.1) is 6.92 Å². The maximum atomic E-state index is 12.3. The summed E-state index contributed by atoms with van der Waals surface area (Å²) in [5.41, 5.74) is 1.77. The lowest BCUT2D eigenvalue weighted by Crippen LogP contribution is -2.39. The third-order valence-corrected chi connectivity index (χ3v) is 4.63. The van der Waals surface area contributed by atoms with Crippen molar-refractivity contribution in [2.75, 3.05) is 13.1 Å². The third-order valence-electron chi connectivity index (χ3n) is 2.82. The first-order valence-electron chi connectivity index (χ1n) is 5.66. The van der Waals surface area contributed by atoms with E-state index in [9.17, 15) is 13.2 Å². The minimum atomic E-state index is -3.57. The van der Waals surface area contributed by atoms with E-state index in [-0.39, 0.29) is 23.8 Å². The second-order valence-corrected chi connectivity index (χ2v) is 6.48. The maximum absolute atomic E-state index is 12.3. The molecule has 0 aliphatic carbocycles. The molecule has 0 unspecified atom stereocenters. The minimum absolute atomic E-state index is 0.0758. The molecule has 0 amide bonds. The molecule has 0 saturated heterocycles. The molecule has 1 aliphatic rings. The number of nitrogens with zero attached hydrogens (tertiary/aromatic N) is 1. The zero-order valence-electron chi connectivity index (χ0n) is 10.4. The van der Waals surface area contributed by atoms with Crippen molar-refractivity contribution in [2.45, 2.75) is 18.7 Å². The summed E-state index contributed by atoms with van der Waals surface area (Å²) in [4.78, 5) is 11.7. The van der Waals surface area contributed by atoms with E-state index >= 15 is 0 Å². The lowest BCUT2D eigenvalue weighted by molar-refractivity contribution is -0.115. The van der Waals surface area contributed by atoms with Gasteiger partial charge in [0.25, 0.3) is 0 Å². The predicted octanol–water partition coefficient (Wildman–Crippen LogP) is 1.51. The van der Waals surface area contributed by atoms with Crippen molar-refractivity contribution in [3.8, 4) is 0 Å². The molecular formula is C13H15NO3S. The van der Waals surface area contributed by atoms with E-state index in [1.807, 2.05) is 6.92 Å². The molecule has 0 aromatic heterocycles. The number of benzene rings is 1. The number of carbonyl (C=O) groups excluding carboxylic acids is 1. The Morgan fingerprint density at radius 3 is 2.22 bits per heavy atom. The van der Waals surface area contributed by atoms with Gasteiger partial charge in [-0.2, -0.15) is 4.31 Å². The molecule has 1 aliphatic heterocycles. The SMILES string of the molecule is CC1=CC(=O)CN(S(=O)(=O)c2ccc(C)cc2)C1. The normalized spacial score (nSPS) is 17.7. The van der Waals surface area contributed by atoms with Crippen LogP contribution in [0.1, 0.15) is 12.5 Å². The lowest BCUT2D eigenvalue weighted by atomic mass is 10.2. The Balaban J connectivity index is 2.35. The van der Waals surface area contributed by atoms with Crippen LogP contribution in [0.2, 0.25) is 0 Å². The molecule has 0 bridgehead atoms. The Labute approximate surface area is 107 Å². The summed E-state index contributed by atoms with van der Waals surface area (Å²) in [6.07, 6.45) is 1.50. The Bertz CT molecular complexity index is 600. The van der Waals surface area contributed by atoms with Crippen LogP contribution in [-0.4, -0.2) is 31.6 Å². The number of ketones is 1.